The van der Waals surface area contributed by atoms with Gasteiger partial charge in [-0.2, -0.15) is 0 Å². The van der Waals surface area contributed by atoms with E-state index in [4.69, 9.17) is 18.6 Å². The van der Waals surface area contributed by atoms with E-state index in [1.807, 2.05) is 52.0 Å². The molecular weight excluding hydrogens is 544 g/mol. The highest BCUT2D eigenvalue weighted by molar-refractivity contribution is 6.74. The lowest BCUT2D eigenvalue weighted by molar-refractivity contribution is -0.151. The number of allylic oxidation sites excluding steroid dienone is 2. The van der Waals surface area contributed by atoms with Crippen LogP contribution in [-0.4, -0.2) is 63.1 Å². The summed E-state index contributed by atoms with van der Waals surface area (Å²) in [6.45, 7) is 26.2. The molecule has 42 heavy (non-hydrogen) atoms. The van der Waals surface area contributed by atoms with Gasteiger partial charge in [0.1, 0.15) is 12.7 Å². The third-order valence-electron chi connectivity index (χ3n) is 8.20. The van der Waals surface area contributed by atoms with Gasteiger partial charge >= 0.3 is 5.97 Å². The fourth-order valence-electron chi connectivity index (χ4n) is 4.47. The van der Waals surface area contributed by atoms with Gasteiger partial charge in [0.2, 0.25) is 0 Å². The third kappa shape index (κ3) is 13.3. The Hall–Kier alpha value is -1.77. The van der Waals surface area contributed by atoms with Gasteiger partial charge in [0, 0.05) is 0 Å². The number of esters is 1. The van der Waals surface area contributed by atoms with Crippen molar-refractivity contribution in [2.75, 3.05) is 13.2 Å². The van der Waals surface area contributed by atoms with Crippen molar-refractivity contribution in [3.05, 3.63) is 59.8 Å². The van der Waals surface area contributed by atoms with Crippen LogP contribution >= 0.6 is 0 Å². The normalized spacial score (nSPS) is 25.4. The Morgan fingerprint density at radius 3 is 2.40 bits per heavy atom. The molecule has 2 rings (SSSR count). The highest BCUT2D eigenvalue weighted by Crippen LogP contribution is 2.38. The molecule has 0 amide bonds. The topological polar surface area (TPSA) is 77.5 Å². The summed E-state index contributed by atoms with van der Waals surface area (Å²) in [6, 6.07) is 0. The first-order valence-corrected chi connectivity index (χ1v) is 18.4. The summed E-state index contributed by atoms with van der Waals surface area (Å²) in [5.74, 6) is -0.221. The number of hydrogen-bond donors (Lipinski definition) is 1. The predicted molar refractivity (Wildman–Crippen MR) is 175 cm³/mol. The zero-order chi connectivity index (χ0) is 31.7. The van der Waals surface area contributed by atoms with Crippen molar-refractivity contribution in [1.29, 1.82) is 0 Å². The maximum absolute atomic E-state index is 11.8. The zero-order valence-electron chi connectivity index (χ0n) is 28.0. The SMILES string of the molecule is C=C1C[C@H](C/C=C/C(O)C/C(C)=C\C=C\COC(=O)C(C)(C)C)O[C@H](/C=C(\C)C[C@H]2O[C@@H]2CO[Si](C)(C)C(C)(C)C)C1. The summed E-state index contributed by atoms with van der Waals surface area (Å²) in [5, 5.41) is 10.7. The standard InChI is InChI=1S/C35H58O6Si/c1-25(15-12-13-18-38-33(37)34(4,5)6)19-28(36)16-14-17-29-20-26(2)21-30(40-29)22-27(3)23-31-32(41-31)24-39-42(10,11)35(7,8)9/h12-16,22,28-32,36H,2,17-21,23-24H2,1,3-11H3/b13-12+,16-14+,25-15-,27-22+/t28?,29-,30-,31+,32+/m0/s1. The van der Waals surface area contributed by atoms with Crippen molar-refractivity contribution in [3.63, 3.8) is 0 Å². The van der Waals surface area contributed by atoms with E-state index in [-0.39, 0.29) is 42.0 Å². The molecule has 2 aliphatic heterocycles. The number of rotatable bonds is 14. The van der Waals surface area contributed by atoms with Crippen LogP contribution in [0, 0.1) is 5.41 Å². The fraction of sp³-hybridized carbons (Fsp3) is 0.686. The molecule has 0 aromatic rings. The molecule has 0 saturated carbocycles. The van der Waals surface area contributed by atoms with Crippen molar-refractivity contribution >= 4 is 14.3 Å². The van der Waals surface area contributed by atoms with Gasteiger partial charge in [-0.3, -0.25) is 4.79 Å². The third-order valence-corrected chi connectivity index (χ3v) is 12.7. The minimum absolute atomic E-state index is 0.0230. The molecule has 0 spiro atoms. The number of aliphatic hydroxyl groups is 1. The Balaban J connectivity index is 1.74. The lowest BCUT2D eigenvalue weighted by Crippen LogP contribution is -2.41. The van der Waals surface area contributed by atoms with E-state index in [2.05, 4.69) is 53.4 Å². The van der Waals surface area contributed by atoms with Crippen LogP contribution in [0.25, 0.3) is 0 Å². The first-order valence-electron chi connectivity index (χ1n) is 15.5. The summed E-state index contributed by atoms with van der Waals surface area (Å²) < 4.78 is 23.9. The monoisotopic (exact) mass is 602 g/mol. The molecule has 2 fully saturated rings. The maximum atomic E-state index is 11.8. The Morgan fingerprint density at radius 1 is 1.07 bits per heavy atom. The van der Waals surface area contributed by atoms with Gasteiger partial charge in [0.05, 0.1) is 36.4 Å². The van der Waals surface area contributed by atoms with Crippen molar-refractivity contribution < 1.29 is 28.5 Å². The molecule has 7 heteroatoms. The average Bonchev–Trinajstić information content (AvgIpc) is 3.58. The van der Waals surface area contributed by atoms with Crippen LogP contribution in [0.2, 0.25) is 18.1 Å². The second kappa shape index (κ2) is 15.8. The molecule has 2 saturated heterocycles. The highest BCUT2D eigenvalue weighted by atomic mass is 28.4. The minimum Gasteiger partial charge on any atom is -0.461 e. The summed E-state index contributed by atoms with van der Waals surface area (Å²) >= 11 is 0. The smallest absolute Gasteiger partial charge is 0.311 e. The van der Waals surface area contributed by atoms with Crippen molar-refractivity contribution in [2.24, 2.45) is 5.41 Å². The quantitative estimate of drug-likeness (QED) is 0.0714. The van der Waals surface area contributed by atoms with Crippen LogP contribution in [0.3, 0.4) is 0 Å². The molecule has 2 aliphatic rings. The van der Waals surface area contributed by atoms with Gasteiger partial charge < -0.3 is 23.7 Å². The summed E-state index contributed by atoms with van der Waals surface area (Å²) in [7, 11) is -1.76. The Morgan fingerprint density at radius 2 is 1.76 bits per heavy atom. The average molecular weight is 603 g/mol. The number of carbonyl (C=O) groups is 1. The molecule has 0 aromatic carbocycles. The molecule has 1 unspecified atom stereocenters. The fourth-order valence-corrected chi connectivity index (χ4v) is 5.48. The van der Waals surface area contributed by atoms with Crippen LogP contribution in [0.5, 0.6) is 0 Å². The first kappa shape index (κ1) is 36.4. The number of ether oxygens (including phenoxy) is 3. The molecular formula is C35H58O6Si. The van der Waals surface area contributed by atoms with Crippen LogP contribution in [-0.2, 0) is 23.4 Å². The van der Waals surface area contributed by atoms with E-state index in [9.17, 15) is 9.90 Å². The van der Waals surface area contributed by atoms with Gasteiger partial charge in [-0.15, -0.1) is 0 Å². The molecule has 2 heterocycles. The van der Waals surface area contributed by atoms with E-state index in [0.717, 1.165) is 31.3 Å². The molecule has 5 atom stereocenters. The molecule has 0 radical (unpaired) electrons. The molecule has 0 aliphatic carbocycles. The van der Waals surface area contributed by atoms with Crippen LogP contribution in [0.15, 0.2) is 59.8 Å². The maximum Gasteiger partial charge on any atom is 0.311 e. The molecule has 6 nitrogen and oxygen atoms in total. The minimum atomic E-state index is -1.76. The molecule has 0 aromatic heterocycles. The Labute approximate surface area is 257 Å². The lowest BCUT2D eigenvalue weighted by atomic mass is 9.95. The van der Waals surface area contributed by atoms with Crippen LogP contribution in [0.1, 0.15) is 87.5 Å². The van der Waals surface area contributed by atoms with Gasteiger partial charge in [0.15, 0.2) is 8.32 Å². The first-order chi connectivity index (χ1) is 19.4. The predicted octanol–water partition coefficient (Wildman–Crippen LogP) is 8.00. The van der Waals surface area contributed by atoms with Crippen molar-refractivity contribution in [3.8, 4) is 0 Å². The van der Waals surface area contributed by atoms with E-state index in [1.54, 1.807) is 6.08 Å². The lowest BCUT2D eigenvalue weighted by Gasteiger charge is -2.36. The van der Waals surface area contributed by atoms with E-state index < -0.39 is 19.8 Å². The van der Waals surface area contributed by atoms with Gasteiger partial charge in [-0.1, -0.05) is 74.4 Å². The Kier molecular flexibility index (Phi) is 13.7. The summed E-state index contributed by atoms with van der Waals surface area (Å²) in [6.07, 6.45) is 15.5. The Bertz CT molecular complexity index is 1020. The van der Waals surface area contributed by atoms with Gasteiger partial charge in [-0.05, 0) is 90.9 Å². The molecule has 238 valence electrons. The molecule has 0 bridgehead atoms. The number of hydrogen-bond acceptors (Lipinski definition) is 6. The van der Waals surface area contributed by atoms with E-state index in [0.29, 0.717) is 13.0 Å². The number of carbonyl (C=O) groups excluding carboxylic acids is 1. The van der Waals surface area contributed by atoms with Crippen molar-refractivity contribution in [1.82, 2.24) is 0 Å². The second-order valence-electron chi connectivity index (χ2n) is 14.7. The van der Waals surface area contributed by atoms with Gasteiger partial charge in [-0.25, -0.2) is 0 Å². The van der Waals surface area contributed by atoms with Gasteiger partial charge in [0.25, 0.3) is 0 Å². The van der Waals surface area contributed by atoms with Crippen LogP contribution < -0.4 is 0 Å². The number of aliphatic hydroxyl groups excluding tert-OH is 1. The second-order valence-corrected chi connectivity index (χ2v) is 19.5. The summed E-state index contributed by atoms with van der Waals surface area (Å²) in [5.41, 5.74) is 3.03. The zero-order valence-corrected chi connectivity index (χ0v) is 29.0. The largest absolute Gasteiger partial charge is 0.461 e. The number of epoxide rings is 1. The highest BCUT2D eigenvalue weighted by Gasteiger charge is 2.43. The van der Waals surface area contributed by atoms with E-state index in [1.165, 1.54) is 11.1 Å². The van der Waals surface area contributed by atoms with E-state index >= 15 is 0 Å². The van der Waals surface area contributed by atoms with Crippen LogP contribution in [0.4, 0.5) is 0 Å². The van der Waals surface area contributed by atoms with Crippen molar-refractivity contribution in [2.45, 2.75) is 136 Å². The molecule has 1 N–H and O–H groups in total. The summed E-state index contributed by atoms with van der Waals surface area (Å²) in [4.78, 5) is 11.8.